The molecule has 0 aromatic heterocycles. The van der Waals surface area contributed by atoms with Gasteiger partial charge >= 0.3 is 10.4 Å². The normalized spacial score (nSPS) is 10.4. The Balaban J connectivity index is 0. The second-order valence-electron chi connectivity index (χ2n) is 1.57. The molecular formula is C5H12O4S. The van der Waals surface area contributed by atoms with Crippen LogP contribution in [0.3, 0.4) is 0 Å². The summed E-state index contributed by atoms with van der Waals surface area (Å²) in [6.07, 6.45) is -0.495. The fraction of sp³-hybridized carbons (Fsp3) is 0.600. The van der Waals surface area contributed by atoms with Crippen LogP contribution in [0.1, 0.15) is 13.8 Å². The van der Waals surface area contributed by atoms with Crippen molar-refractivity contribution in [3.05, 3.63) is 13.2 Å². The second-order valence-corrected chi connectivity index (χ2v) is 2.62. The van der Waals surface area contributed by atoms with Crippen LogP contribution >= 0.6 is 0 Å². The highest BCUT2D eigenvalue weighted by molar-refractivity contribution is 7.80. The lowest BCUT2D eigenvalue weighted by atomic mass is 10.5. The first-order chi connectivity index (χ1) is 4.42. The van der Waals surface area contributed by atoms with E-state index in [0.29, 0.717) is 0 Å². The zero-order valence-electron chi connectivity index (χ0n) is 6.07. The molecule has 0 fully saturated rings. The molecule has 0 saturated carbocycles. The van der Waals surface area contributed by atoms with Crippen molar-refractivity contribution in [1.29, 1.82) is 0 Å². The molecule has 0 spiro atoms. The smallest absolute Gasteiger partial charge is 0.264 e. The minimum atomic E-state index is -4.22. The zero-order chi connectivity index (χ0) is 8.78. The standard InChI is InChI=1S/C3H8O4S.C2H4/c1-3(2)7-8(4,5)6;1-2/h3H,1-2H3,(H,4,5,6);1-2H2. The van der Waals surface area contributed by atoms with Crippen LogP contribution in [-0.4, -0.2) is 19.1 Å². The van der Waals surface area contributed by atoms with Crippen molar-refractivity contribution in [2.45, 2.75) is 20.0 Å². The third-order valence-electron chi connectivity index (χ3n) is 0.314. The van der Waals surface area contributed by atoms with Gasteiger partial charge in [0.2, 0.25) is 0 Å². The molecule has 1 N–H and O–H groups in total. The Labute approximate surface area is 61.5 Å². The molecule has 0 saturated heterocycles. The highest BCUT2D eigenvalue weighted by atomic mass is 32.3. The molecule has 0 aliphatic heterocycles. The lowest BCUT2D eigenvalue weighted by molar-refractivity contribution is 0.213. The first-order valence-corrected chi connectivity index (χ1v) is 3.94. The van der Waals surface area contributed by atoms with E-state index in [2.05, 4.69) is 17.3 Å². The number of rotatable bonds is 2. The third-order valence-corrected chi connectivity index (χ3v) is 0.942. The zero-order valence-corrected chi connectivity index (χ0v) is 6.89. The Morgan fingerprint density at radius 3 is 1.70 bits per heavy atom. The van der Waals surface area contributed by atoms with E-state index in [1.54, 1.807) is 0 Å². The van der Waals surface area contributed by atoms with Crippen molar-refractivity contribution in [2.24, 2.45) is 0 Å². The molecular weight excluding hydrogens is 156 g/mol. The molecule has 0 amide bonds. The average Bonchev–Trinajstić information content (AvgIpc) is 1.64. The molecule has 0 aromatic carbocycles. The maximum absolute atomic E-state index is 9.78. The molecule has 0 rings (SSSR count). The number of hydrogen-bond donors (Lipinski definition) is 1. The summed E-state index contributed by atoms with van der Waals surface area (Å²) in [5.41, 5.74) is 0. The van der Waals surface area contributed by atoms with Crippen LogP contribution in [0, 0.1) is 0 Å². The molecule has 0 bridgehead atoms. The highest BCUT2D eigenvalue weighted by Crippen LogP contribution is 1.92. The molecule has 0 aromatic rings. The fourth-order valence-electron chi connectivity index (χ4n) is 0.243. The summed E-state index contributed by atoms with van der Waals surface area (Å²) in [5, 5.41) is 0. The summed E-state index contributed by atoms with van der Waals surface area (Å²) < 4.78 is 31.5. The van der Waals surface area contributed by atoms with E-state index >= 15 is 0 Å². The van der Waals surface area contributed by atoms with Gasteiger partial charge in [-0.15, -0.1) is 13.2 Å². The Morgan fingerprint density at radius 1 is 1.40 bits per heavy atom. The van der Waals surface area contributed by atoms with E-state index in [-0.39, 0.29) is 0 Å². The van der Waals surface area contributed by atoms with E-state index < -0.39 is 16.5 Å². The van der Waals surface area contributed by atoms with Gasteiger partial charge in [0.25, 0.3) is 0 Å². The van der Waals surface area contributed by atoms with E-state index in [9.17, 15) is 8.42 Å². The van der Waals surface area contributed by atoms with E-state index in [1.807, 2.05) is 0 Å². The fourth-order valence-corrected chi connectivity index (χ4v) is 0.730. The lowest BCUT2D eigenvalue weighted by Gasteiger charge is -1.99. The molecule has 0 heterocycles. The summed E-state index contributed by atoms with van der Waals surface area (Å²) in [7, 11) is -4.22. The van der Waals surface area contributed by atoms with Gasteiger partial charge in [-0.25, -0.2) is 4.18 Å². The third kappa shape index (κ3) is 15.6. The van der Waals surface area contributed by atoms with Gasteiger partial charge in [0, 0.05) is 0 Å². The quantitative estimate of drug-likeness (QED) is 0.494. The van der Waals surface area contributed by atoms with Crippen LogP contribution in [0.4, 0.5) is 0 Å². The monoisotopic (exact) mass is 168 g/mol. The van der Waals surface area contributed by atoms with Gasteiger partial charge in [0.1, 0.15) is 0 Å². The van der Waals surface area contributed by atoms with Crippen molar-refractivity contribution in [1.82, 2.24) is 0 Å². The Hall–Kier alpha value is -0.390. The molecule has 0 radical (unpaired) electrons. The Kier molecular flexibility index (Phi) is 6.64. The summed E-state index contributed by atoms with van der Waals surface area (Å²) in [5.74, 6) is 0. The lowest BCUT2D eigenvalue weighted by Crippen LogP contribution is -2.10. The predicted molar refractivity (Wildman–Crippen MR) is 39.0 cm³/mol. The molecule has 5 heteroatoms. The van der Waals surface area contributed by atoms with Crippen LogP contribution in [0.2, 0.25) is 0 Å². The summed E-state index contributed by atoms with van der Waals surface area (Å²) in [6, 6.07) is 0. The van der Waals surface area contributed by atoms with Crippen molar-refractivity contribution < 1.29 is 17.2 Å². The van der Waals surface area contributed by atoms with E-state index in [1.165, 1.54) is 13.8 Å². The maximum atomic E-state index is 9.78. The molecule has 0 atom stereocenters. The summed E-state index contributed by atoms with van der Waals surface area (Å²) in [6.45, 7) is 9.02. The Morgan fingerprint density at radius 2 is 1.70 bits per heavy atom. The van der Waals surface area contributed by atoms with E-state index in [4.69, 9.17) is 4.55 Å². The van der Waals surface area contributed by atoms with Crippen LogP contribution in [0.15, 0.2) is 13.2 Å². The van der Waals surface area contributed by atoms with Crippen molar-refractivity contribution in [3.8, 4) is 0 Å². The minimum Gasteiger partial charge on any atom is -0.264 e. The molecule has 4 nitrogen and oxygen atoms in total. The summed E-state index contributed by atoms with van der Waals surface area (Å²) >= 11 is 0. The van der Waals surface area contributed by atoms with Crippen LogP contribution in [-0.2, 0) is 14.6 Å². The molecule has 10 heavy (non-hydrogen) atoms. The largest absolute Gasteiger partial charge is 0.397 e. The van der Waals surface area contributed by atoms with Crippen LogP contribution in [0.5, 0.6) is 0 Å². The summed E-state index contributed by atoms with van der Waals surface area (Å²) in [4.78, 5) is 0. The predicted octanol–water partition coefficient (Wildman–Crippen LogP) is 1.02. The number of hydrogen-bond acceptors (Lipinski definition) is 3. The van der Waals surface area contributed by atoms with E-state index in [0.717, 1.165) is 0 Å². The van der Waals surface area contributed by atoms with Crippen molar-refractivity contribution in [2.75, 3.05) is 0 Å². The van der Waals surface area contributed by atoms with Gasteiger partial charge in [-0.3, -0.25) is 4.55 Å². The van der Waals surface area contributed by atoms with Crippen LogP contribution in [0.25, 0.3) is 0 Å². The topological polar surface area (TPSA) is 63.6 Å². The van der Waals surface area contributed by atoms with Gasteiger partial charge in [-0.1, -0.05) is 0 Å². The minimum absolute atomic E-state index is 0.495. The first-order valence-electron chi connectivity index (χ1n) is 2.57. The van der Waals surface area contributed by atoms with Crippen LogP contribution < -0.4 is 0 Å². The second kappa shape index (κ2) is 5.40. The molecule has 0 aliphatic rings. The van der Waals surface area contributed by atoms with Gasteiger partial charge in [0.05, 0.1) is 6.10 Å². The average molecular weight is 168 g/mol. The Bertz CT molecular complexity index is 158. The van der Waals surface area contributed by atoms with Gasteiger partial charge in [-0.05, 0) is 13.8 Å². The SMILES string of the molecule is C=C.CC(C)OS(=O)(=O)O. The molecule has 0 unspecified atom stereocenters. The van der Waals surface area contributed by atoms with Gasteiger partial charge in [0.15, 0.2) is 0 Å². The van der Waals surface area contributed by atoms with Crippen molar-refractivity contribution >= 4 is 10.4 Å². The first kappa shape index (κ1) is 12.3. The van der Waals surface area contributed by atoms with Crippen molar-refractivity contribution in [3.63, 3.8) is 0 Å². The molecule has 62 valence electrons. The maximum Gasteiger partial charge on any atom is 0.397 e. The van der Waals surface area contributed by atoms with Gasteiger partial charge < -0.3 is 0 Å². The van der Waals surface area contributed by atoms with Gasteiger partial charge in [-0.2, -0.15) is 8.42 Å². The highest BCUT2D eigenvalue weighted by Gasteiger charge is 2.05. The molecule has 0 aliphatic carbocycles.